The highest BCUT2D eigenvalue weighted by molar-refractivity contribution is 7.15. The van der Waals surface area contributed by atoms with E-state index >= 15 is 0 Å². The van der Waals surface area contributed by atoms with Gasteiger partial charge >= 0.3 is 6.03 Å². The minimum atomic E-state index is -0.246. The molecule has 1 saturated heterocycles. The molecule has 0 aliphatic carbocycles. The Balaban J connectivity index is 1.72. The van der Waals surface area contributed by atoms with Crippen LogP contribution >= 0.6 is 11.3 Å². The summed E-state index contributed by atoms with van der Waals surface area (Å²) in [5.74, 6) is 0. The van der Waals surface area contributed by atoms with E-state index in [0.717, 1.165) is 37.3 Å². The van der Waals surface area contributed by atoms with Crippen LogP contribution in [-0.2, 0) is 11.2 Å². The van der Waals surface area contributed by atoms with Gasteiger partial charge in [-0.3, -0.25) is 5.32 Å². The summed E-state index contributed by atoms with van der Waals surface area (Å²) in [4.78, 5) is 11.6. The molecule has 2 amide bonds. The average molecular weight is 270 g/mol. The van der Waals surface area contributed by atoms with Crippen LogP contribution in [0, 0.1) is 0 Å². The van der Waals surface area contributed by atoms with Crippen molar-refractivity contribution in [2.24, 2.45) is 0 Å². The maximum Gasteiger partial charge on any atom is 0.321 e. The molecular weight excluding hydrogens is 252 g/mol. The van der Waals surface area contributed by atoms with Crippen molar-refractivity contribution in [3.8, 4) is 0 Å². The summed E-state index contributed by atoms with van der Waals surface area (Å²) in [5, 5.41) is 14.9. The Morgan fingerprint density at radius 2 is 2.44 bits per heavy atom. The second-order valence-corrected chi connectivity index (χ2v) is 5.28. The van der Waals surface area contributed by atoms with Gasteiger partial charge in [0.2, 0.25) is 5.13 Å². The van der Waals surface area contributed by atoms with Gasteiger partial charge in [0.15, 0.2) is 0 Å². The van der Waals surface area contributed by atoms with Gasteiger partial charge in [-0.15, -0.1) is 10.2 Å². The molecule has 1 aromatic heterocycles. The molecule has 7 heteroatoms. The van der Waals surface area contributed by atoms with E-state index in [1.807, 2.05) is 0 Å². The van der Waals surface area contributed by atoms with Crippen molar-refractivity contribution in [2.45, 2.75) is 38.7 Å². The van der Waals surface area contributed by atoms with Crippen LogP contribution < -0.4 is 10.6 Å². The fourth-order valence-corrected chi connectivity index (χ4v) is 2.61. The summed E-state index contributed by atoms with van der Waals surface area (Å²) in [5.41, 5.74) is 0. The molecule has 1 fully saturated rings. The van der Waals surface area contributed by atoms with Gasteiger partial charge in [-0.1, -0.05) is 18.3 Å². The highest BCUT2D eigenvalue weighted by atomic mass is 32.1. The molecule has 0 bridgehead atoms. The Morgan fingerprint density at radius 1 is 1.56 bits per heavy atom. The zero-order chi connectivity index (χ0) is 12.8. The number of carbonyl (C=O) groups excluding carboxylic acids is 1. The number of nitrogens with zero attached hydrogens (tertiary/aromatic N) is 2. The monoisotopic (exact) mass is 270 g/mol. The van der Waals surface area contributed by atoms with E-state index in [2.05, 4.69) is 27.8 Å². The van der Waals surface area contributed by atoms with E-state index in [9.17, 15) is 4.79 Å². The summed E-state index contributed by atoms with van der Waals surface area (Å²) in [6.45, 7) is 3.43. The predicted octanol–water partition coefficient (Wildman–Crippen LogP) is 1.79. The quantitative estimate of drug-likeness (QED) is 0.855. The highest BCUT2D eigenvalue weighted by Crippen LogP contribution is 2.16. The van der Waals surface area contributed by atoms with Crippen molar-refractivity contribution in [3.05, 3.63) is 5.01 Å². The Labute approximate surface area is 110 Å². The number of hydrogen-bond acceptors (Lipinski definition) is 5. The number of amides is 2. The summed E-state index contributed by atoms with van der Waals surface area (Å²) < 4.78 is 5.42. The van der Waals surface area contributed by atoms with Crippen LogP contribution in [-0.4, -0.2) is 35.5 Å². The predicted molar refractivity (Wildman–Crippen MR) is 69.9 cm³/mol. The lowest BCUT2D eigenvalue weighted by Crippen LogP contribution is -2.34. The molecule has 0 unspecified atom stereocenters. The van der Waals surface area contributed by atoms with E-state index in [1.54, 1.807) is 0 Å². The molecule has 0 radical (unpaired) electrons. The van der Waals surface area contributed by atoms with E-state index < -0.39 is 0 Å². The summed E-state index contributed by atoms with van der Waals surface area (Å²) in [7, 11) is 0. The van der Waals surface area contributed by atoms with Crippen LogP contribution in [0.25, 0.3) is 0 Å². The number of aryl methyl sites for hydroxylation is 1. The van der Waals surface area contributed by atoms with Gasteiger partial charge in [-0.05, 0) is 19.3 Å². The molecule has 2 heterocycles. The number of aromatic nitrogens is 2. The fourth-order valence-electron chi connectivity index (χ4n) is 1.77. The third-order valence-electron chi connectivity index (χ3n) is 2.67. The zero-order valence-corrected chi connectivity index (χ0v) is 11.3. The lowest BCUT2D eigenvalue weighted by Gasteiger charge is -2.10. The van der Waals surface area contributed by atoms with Gasteiger partial charge in [-0.2, -0.15) is 0 Å². The SMILES string of the molecule is CCCc1nnc(NC(=O)NC[C@@H]2CCCO2)s1. The Hall–Kier alpha value is -1.21. The number of rotatable bonds is 5. The van der Waals surface area contributed by atoms with Gasteiger partial charge in [0, 0.05) is 19.6 Å². The fraction of sp³-hybridized carbons (Fsp3) is 0.727. The van der Waals surface area contributed by atoms with Crippen LogP contribution in [0.2, 0.25) is 0 Å². The van der Waals surface area contributed by atoms with E-state index in [4.69, 9.17) is 4.74 Å². The van der Waals surface area contributed by atoms with Gasteiger partial charge in [-0.25, -0.2) is 4.79 Å². The van der Waals surface area contributed by atoms with Crippen molar-refractivity contribution in [1.82, 2.24) is 15.5 Å². The van der Waals surface area contributed by atoms with Crippen LogP contribution in [0.5, 0.6) is 0 Å². The molecule has 100 valence electrons. The molecular formula is C11H18N4O2S. The van der Waals surface area contributed by atoms with E-state index in [-0.39, 0.29) is 12.1 Å². The number of ether oxygens (including phenoxy) is 1. The number of carbonyl (C=O) groups is 1. The van der Waals surface area contributed by atoms with Crippen LogP contribution in [0.3, 0.4) is 0 Å². The average Bonchev–Trinajstić information content (AvgIpc) is 2.99. The third-order valence-corrected chi connectivity index (χ3v) is 3.56. The summed E-state index contributed by atoms with van der Waals surface area (Å²) >= 11 is 1.42. The molecule has 0 saturated carbocycles. The summed E-state index contributed by atoms with van der Waals surface area (Å²) in [6, 6.07) is -0.246. The topological polar surface area (TPSA) is 76.1 Å². The first-order valence-electron chi connectivity index (χ1n) is 6.26. The number of anilines is 1. The molecule has 1 aliphatic heterocycles. The Kier molecular flexibility index (Phi) is 4.89. The molecule has 2 N–H and O–H groups in total. The summed E-state index contributed by atoms with van der Waals surface area (Å²) in [6.07, 6.45) is 4.17. The first kappa shape index (κ1) is 13.2. The van der Waals surface area contributed by atoms with Crippen molar-refractivity contribution in [1.29, 1.82) is 0 Å². The molecule has 6 nitrogen and oxygen atoms in total. The van der Waals surface area contributed by atoms with Crippen LogP contribution in [0.15, 0.2) is 0 Å². The first-order valence-corrected chi connectivity index (χ1v) is 7.08. The first-order chi connectivity index (χ1) is 8.78. The smallest absolute Gasteiger partial charge is 0.321 e. The molecule has 0 aromatic carbocycles. The van der Waals surface area contributed by atoms with E-state index in [0.29, 0.717) is 11.7 Å². The van der Waals surface area contributed by atoms with Gasteiger partial charge < -0.3 is 10.1 Å². The maximum atomic E-state index is 11.6. The highest BCUT2D eigenvalue weighted by Gasteiger charge is 2.16. The van der Waals surface area contributed by atoms with Gasteiger partial charge in [0.05, 0.1) is 6.10 Å². The number of urea groups is 1. The molecule has 0 spiro atoms. The molecule has 1 atom stereocenters. The maximum absolute atomic E-state index is 11.6. The van der Waals surface area contributed by atoms with Crippen molar-refractivity contribution >= 4 is 22.5 Å². The standard InChI is InChI=1S/C11H18N4O2S/c1-2-4-9-14-15-11(18-9)13-10(16)12-7-8-5-3-6-17-8/h8H,2-7H2,1H3,(H2,12,13,15,16)/t8-/m0/s1. The lowest BCUT2D eigenvalue weighted by atomic mass is 10.2. The molecule has 1 aliphatic rings. The van der Waals surface area contributed by atoms with Crippen molar-refractivity contribution in [2.75, 3.05) is 18.5 Å². The second kappa shape index (κ2) is 6.65. The number of nitrogens with one attached hydrogen (secondary N) is 2. The largest absolute Gasteiger partial charge is 0.376 e. The molecule has 18 heavy (non-hydrogen) atoms. The van der Waals surface area contributed by atoms with E-state index in [1.165, 1.54) is 11.3 Å². The molecule has 2 rings (SSSR count). The Bertz CT molecular complexity index is 390. The zero-order valence-electron chi connectivity index (χ0n) is 10.4. The second-order valence-electron chi connectivity index (χ2n) is 4.22. The minimum Gasteiger partial charge on any atom is -0.376 e. The normalized spacial score (nSPS) is 18.8. The lowest BCUT2D eigenvalue weighted by molar-refractivity contribution is 0.112. The minimum absolute atomic E-state index is 0.154. The van der Waals surface area contributed by atoms with Crippen molar-refractivity contribution < 1.29 is 9.53 Å². The molecule has 1 aromatic rings. The van der Waals surface area contributed by atoms with Gasteiger partial charge in [0.1, 0.15) is 5.01 Å². The Morgan fingerprint density at radius 3 is 3.17 bits per heavy atom. The number of hydrogen-bond donors (Lipinski definition) is 2. The van der Waals surface area contributed by atoms with Crippen LogP contribution in [0.4, 0.5) is 9.93 Å². The van der Waals surface area contributed by atoms with Gasteiger partial charge in [0.25, 0.3) is 0 Å². The van der Waals surface area contributed by atoms with Crippen LogP contribution in [0.1, 0.15) is 31.2 Å². The van der Waals surface area contributed by atoms with Crippen molar-refractivity contribution in [3.63, 3.8) is 0 Å². The third kappa shape index (κ3) is 3.92.